The number of hydrogen-bond acceptors (Lipinski definition) is 6. The van der Waals surface area contributed by atoms with E-state index in [0.29, 0.717) is 16.7 Å². The van der Waals surface area contributed by atoms with Gasteiger partial charge in [0.05, 0.1) is 5.75 Å². The number of primary amides is 1. The quantitative estimate of drug-likeness (QED) is 0.114. The minimum atomic E-state index is -3.87. The maximum Gasteiger partial charge on any atom is 0.242 e. The van der Waals surface area contributed by atoms with Crippen molar-refractivity contribution in [3.05, 3.63) is 107 Å². The number of amidine groups is 1. The molecule has 0 unspecified atom stereocenters. The molecule has 3 aromatic carbocycles. The Morgan fingerprint density at radius 2 is 1.38 bits per heavy atom. The summed E-state index contributed by atoms with van der Waals surface area (Å²) in [5, 5.41) is 12.9. The highest BCUT2D eigenvalue weighted by atomic mass is 32.2. The van der Waals surface area contributed by atoms with Crippen LogP contribution in [-0.2, 0) is 31.0 Å². The van der Waals surface area contributed by atoms with Gasteiger partial charge in [-0.15, -0.1) is 0 Å². The summed E-state index contributed by atoms with van der Waals surface area (Å²) in [6.07, 6.45) is -0.275. The van der Waals surface area contributed by atoms with Crippen LogP contribution in [0.3, 0.4) is 0 Å². The lowest BCUT2D eigenvalue weighted by atomic mass is 9.85. The predicted molar refractivity (Wildman–Crippen MR) is 161 cm³/mol. The van der Waals surface area contributed by atoms with Gasteiger partial charge in [0.25, 0.3) is 0 Å². The number of nitrogens with one attached hydrogen (secondary N) is 4. The predicted octanol–water partition coefficient (Wildman–Crippen LogP) is 1.48. The van der Waals surface area contributed by atoms with Crippen molar-refractivity contribution in [2.45, 2.75) is 44.3 Å². The molecule has 0 aliphatic heterocycles. The van der Waals surface area contributed by atoms with Gasteiger partial charge in [-0.1, -0.05) is 84.9 Å². The second-order valence-corrected chi connectivity index (χ2v) is 11.7. The summed E-state index contributed by atoms with van der Waals surface area (Å²) in [4.78, 5) is 38.7. The number of carbonyl (C=O) groups is 3. The standard InChI is InChI=1S/C30H36N6O5S/c1-2-42(40,41)36-27(26(21-9-5-3-6-10-21)22-11-7-4-8-12-22)30(39)35-24(17-18-25(31)37)29(38)34-19-20-13-15-23(16-14-20)28(32)33/h3-16,24,26-27,36H,2,17-19H2,1H3,(H2,31,37)(H3,32,33)(H,34,38)(H,35,39)/t24-,27+/m0/s1. The second-order valence-electron chi connectivity index (χ2n) is 9.69. The van der Waals surface area contributed by atoms with E-state index in [1.807, 2.05) is 12.1 Å². The molecule has 0 fully saturated rings. The van der Waals surface area contributed by atoms with Gasteiger partial charge < -0.3 is 22.1 Å². The van der Waals surface area contributed by atoms with Crippen molar-refractivity contribution in [3.8, 4) is 0 Å². The minimum absolute atomic E-state index is 0.0858. The molecule has 0 aromatic heterocycles. The first kappa shape index (κ1) is 32.0. The monoisotopic (exact) mass is 592 g/mol. The summed E-state index contributed by atoms with van der Waals surface area (Å²) in [6, 6.07) is 22.2. The molecule has 0 aliphatic carbocycles. The Hall–Kier alpha value is -4.55. The van der Waals surface area contributed by atoms with E-state index in [4.69, 9.17) is 16.9 Å². The highest BCUT2D eigenvalue weighted by Gasteiger charge is 2.36. The number of amides is 3. The van der Waals surface area contributed by atoms with Gasteiger partial charge in [-0.3, -0.25) is 19.8 Å². The van der Waals surface area contributed by atoms with Crippen molar-refractivity contribution < 1.29 is 22.8 Å². The number of nitrogen functional groups attached to an aromatic ring is 1. The number of benzene rings is 3. The van der Waals surface area contributed by atoms with Crippen LogP contribution in [0, 0.1) is 5.41 Å². The van der Waals surface area contributed by atoms with Crippen LogP contribution in [-0.4, -0.2) is 49.8 Å². The second kappa shape index (κ2) is 14.9. The topological polar surface area (TPSA) is 197 Å². The number of hydrogen-bond donors (Lipinski definition) is 6. The fourth-order valence-electron chi connectivity index (χ4n) is 4.38. The van der Waals surface area contributed by atoms with Gasteiger partial charge in [0.2, 0.25) is 27.7 Å². The lowest BCUT2D eigenvalue weighted by molar-refractivity contribution is -0.130. The van der Waals surface area contributed by atoms with Crippen molar-refractivity contribution >= 4 is 33.6 Å². The Bertz CT molecular complexity index is 1440. The average molecular weight is 593 g/mol. The molecule has 3 aromatic rings. The van der Waals surface area contributed by atoms with Gasteiger partial charge in [-0.2, -0.15) is 0 Å². The third-order valence-corrected chi connectivity index (χ3v) is 8.04. The van der Waals surface area contributed by atoms with Crippen LogP contribution in [0.5, 0.6) is 0 Å². The Morgan fingerprint density at radius 3 is 1.86 bits per heavy atom. The molecule has 0 aliphatic rings. The summed E-state index contributed by atoms with van der Waals surface area (Å²) in [5.74, 6) is -3.04. The zero-order valence-electron chi connectivity index (χ0n) is 23.2. The maximum absolute atomic E-state index is 13.9. The first-order valence-electron chi connectivity index (χ1n) is 13.4. The van der Waals surface area contributed by atoms with E-state index in [-0.39, 0.29) is 31.0 Å². The summed E-state index contributed by atoms with van der Waals surface area (Å²) in [5.41, 5.74) is 13.5. The Morgan fingerprint density at radius 1 is 0.833 bits per heavy atom. The third-order valence-electron chi connectivity index (χ3n) is 6.66. The molecule has 0 bridgehead atoms. The number of rotatable bonds is 15. The molecule has 42 heavy (non-hydrogen) atoms. The van der Waals surface area contributed by atoms with Crippen molar-refractivity contribution in [1.29, 1.82) is 5.41 Å². The molecule has 12 heteroatoms. The Kier molecular flexibility index (Phi) is 11.3. The highest BCUT2D eigenvalue weighted by molar-refractivity contribution is 7.89. The summed E-state index contributed by atoms with van der Waals surface area (Å²) < 4.78 is 28.1. The van der Waals surface area contributed by atoms with E-state index in [2.05, 4.69) is 15.4 Å². The molecule has 0 radical (unpaired) electrons. The van der Waals surface area contributed by atoms with Crippen LogP contribution in [0.2, 0.25) is 0 Å². The summed E-state index contributed by atoms with van der Waals surface area (Å²) in [6.45, 7) is 1.56. The molecule has 0 saturated heterocycles. The zero-order chi connectivity index (χ0) is 30.7. The average Bonchev–Trinajstić information content (AvgIpc) is 2.98. The molecule has 222 valence electrons. The molecule has 3 rings (SSSR count). The van der Waals surface area contributed by atoms with Gasteiger partial charge in [0, 0.05) is 24.4 Å². The van der Waals surface area contributed by atoms with Crippen molar-refractivity contribution in [3.63, 3.8) is 0 Å². The number of sulfonamides is 1. The van der Waals surface area contributed by atoms with Gasteiger partial charge in [0.15, 0.2) is 0 Å². The third kappa shape index (κ3) is 9.25. The van der Waals surface area contributed by atoms with Gasteiger partial charge >= 0.3 is 0 Å². The molecular weight excluding hydrogens is 556 g/mol. The molecule has 0 spiro atoms. The van der Waals surface area contributed by atoms with Crippen LogP contribution in [0.15, 0.2) is 84.9 Å². The maximum atomic E-state index is 13.9. The van der Waals surface area contributed by atoms with Crippen molar-refractivity contribution in [2.75, 3.05) is 5.75 Å². The van der Waals surface area contributed by atoms with E-state index in [0.717, 1.165) is 5.56 Å². The fraction of sp³-hybridized carbons (Fsp3) is 0.267. The SMILES string of the molecule is CCS(=O)(=O)N[C@@H](C(=O)N[C@@H](CCC(N)=O)C(=O)NCc1ccc(C(=N)N)cc1)C(c1ccccc1)c1ccccc1. The van der Waals surface area contributed by atoms with E-state index in [1.54, 1.807) is 72.8 Å². The van der Waals surface area contributed by atoms with Crippen LogP contribution in [0.4, 0.5) is 0 Å². The molecule has 0 saturated carbocycles. The van der Waals surface area contributed by atoms with Crippen LogP contribution in [0.1, 0.15) is 47.9 Å². The minimum Gasteiger partial charge on any atom is -0.384 e. The molecule has 8 N–H and O–H groups in total. The molecule has 11 nitrogen and oxygen atoms in total. The van der Waals surface area contributed by atoms with E-state index >= 15 is 0 Å². The van der Waals surface area contributed by atoms with Gasteiger partial charge in [0.1, 0.15) is 17.9 Å². The van der Waals surface area contributed by atoms with E-state index < -0.39 is 45.7 Å². The van der Waals surface area contributed by atoms with Crippen LogP contribution < -0.4 is 26.8 Å². The van der Waals surface area contributed by atoms with Crippen LogP contribution >= 0.6 is 0 Å². The number of nitrogens with two attached hydrogens (primary N) is 2. The first-order valence-corrected chi connectivity index (χ1v) is 15.1. The van der Waals surface area contributed by atoms with Crippen molar-refractivity contribution in [2.24, 2.45) is 11.5 Å². The van der Waals surface area contributed by atoms with Crippen LogP contribution in [0.25, 0.3) is 0 Å². The van der Waals surface area contributed by atoms with Gasteiger partial charge in [-0.25, -0.2) is 13.1 Å². The first-order chi connectivity index (χ1) is 20.0. The van der Waals surface area contributed by atoms with E-state index in [9.17, 15) is 22.8 Å². The lowest BCUT2D eigenvalue weighted by Gasteiger charge is -2.29. The smallest absolute Gasteiger partial charge is 0.242 e. The van der Waals surface area contributed by atoms with Crippen molar-refractivity contribution in [1.82, 2.24) is 15.4 Å². The zero-order valence-corrected chi connectivity index (χ0v) is 24.1. The summed E-state index contributed by atoms with van der Waals surface area (Å²) >= 11 is 0. The number of carbonyl (C=O) groups excluding carboxylic acids is 3. The molecule has 2 atom stereocenters. The highest BCUT2D eigenvalue weighted by Crippen LogP contribution is 2.29. The van der Waals surface area contributed by atoms with E-state index in [1.165, 1.54) is 6.92 Å². The molecule has 0 heterocycles. The van der Waals surface area contributed by atoms with Gasteiger partial charge in [-0.05, 0) is 30.0 Å². The normalized spacial score (nSPS) is 12.7. The molecule has 3 amide bonds. The fourth-order valence-corrected chi connectivity index (χ4v) is 5.18. The summed E-state index contributed by atoms with van der Waals surface area (Å²) in [7, 11) is -3.87. The lowest BCUT2D eigenvalue weighted by Crippen LogP contribution is -2.56. The largest absolute Gasteiger partial charge is 0.384 e. The Balaban J connectivity index is 1.91. The molecular formula is C30H36N6O5S. The Labute approximate surface area is 245 Å².